The fraction of sp³-hybridized carbons (Fsp3) is 0.286. The number of carbonyl (C=O) groups is 1. The van der Waals surface area contributed by atoms with Crippen molar-refractivity contribution in [3.8, 4) is 0 Å². The topological polar surface area (TPSA) is 84.4 Å². The summed E-state index contributed by atoms with van der Waals surface area (Å²) in [6, 6.07) is 6.84. The average molecular weight is 272 g/mol. The number of amides is 1. The molecular weight excluding hydrogens is 256 g/mol. The van der Waals surface area contributed by atoms with Crippen LogP contribution in [0.1, 0.15) is 23.4 Å². The molecule has 0 aromatic carbocycles. The second kappa shape index (κ2) is 5.24. The van der Waals surface area contributed by atoms with Gasteiger partial charge in [-0.15, -0.1) is 0 Å². The molecule has 1 amide bonds. The molecule has 20 heavy (non-hydrogen) atoms. The Morgan fingerprint density at radius 1 is 1.25 bits per heavy atom. The highest BCUT2D eigenvalue weighted by molar-refractivity contribution is 6.02. The van der Waals surface area contributed by atoms with E-state index < -0.39 is 0 Å². The van der Waals surface area contributed by atoms with Crippen molar-refractivity contribution >= 4 is 23.3 Å². The minimum Gasteiger partial charge on any atom is -0.436 e. The molecule has 104 valence electrons. The predicted octanol–water partition coefficient (Wildman–Crippen LogP) is 2.11. The molecule has 0 aliphatic carbocycles. The van der Waals surface area contributed by atoms with Crippen LogP contribution in [0.4, 0.5) is 17.4 Å². The van der Waals surface area contributed by atoms with Crippen LogP contribution in [0.3, 0.4) is 0 Å². The number of furan rings is 1. The van der Waals surface area contributed by atoms with Crippen LogP contribution in [-0.2, 0) is 0 Å². The maximum Gasteiger partial charge on any atom is 0.291 e. The average Bonchev–Trinajstić information content (AvgIpc) is 3.10. The van der Waals surface area contributed by atoms with Gasteiger partial charge in [0.1, 0.15) is 5.82 Å². The highest BCUT2D eigenvalue weighted by atomic mass is 16.4. The lowest BCUT2D eigenvalue weighted by Gasteiger charge is -2.16. The molecule has 0 atom stereocenters. The zero-order valence-corrected chi connectivity index (χ0v) is 11.0. The van der Waals surface area contributed by atoms with Crippen molar-refractivity contribution < 1.29 is 9.21 Å². The second-order valence-electron chi connectivity index (χ2n) is 4.76. The summed E-state index contributed by atoms with van der Waals surface area (Å²) in [5, 5.41) is 2.72. The van der Waals surface area contributed by atoms with E-state index >= 15 is 0 Å². The van der Waals surface area contributed by atoms with Crippen molar-refractivity contribution in [3.63, 3.8) is 0 Å². The lowest BCUT2D eigenvalue weighted by atomic mass is 10.3. The molecule has 1 aliphatic rings. The van der Waals surface area contributed by atoms with E-state index in [1.807, 2.05) is 12.1 Å². The molecule has 0 spiro atoms. The zero-order chi connectivity index (χ0) is 13.9. The number of anilines is 3. The number of nitrogens with two attached hydrogens (primary N) is 1. The Balaban J connectivity index is 1.67. The zero-order valence-electron chi connectivity index (χ0n) is 11.0. The molecule has 2 aromatic heterocycles. The van der Waals surface area contributed by atoms with Gasteiger partial charge in [-0.2, -0.15) is 0 Å². The fourth-order valence-electron chi connectivity index (χ4n) is 2.26. The Bertz CT molecular complexity index is 600. The molecular formula is C14H16N4O2. The predicted molar refractivity (Wildman–Crippen MR) is 76.8 cm³/mol. The van der Waals surface area contributed by atoms with Crippen LogP contribution < -0.4 is 16.0 Å². The monoisotopic (exact) mass is 272 g/mol. The summed E-state index contributed by atoms with van der Waals surface area (Å²) >= 11 is 0. The van der Waals surface area contributed by atoms with E-state index in [0.717, 1.165) is 18.9 Å². The molecule has 1 fully saturated rings. The molecule has 3 heterocycles. The summed E-state index contributed by atoms with van der Waals surface area (Å²) in [5.41, 5.74) is 6.07. The van der Waals surface area contributed by atoms with E-state index in [2.05, 4.69) is 15.2 Å². The van der Waals surface area contributed by atoms with Gasteiger partial charge in [-0.25, -0.2) is 4.98 Å². The largest absolute Gasteiger partial charge is 0.436 e. The van der Waals surface area contributed by atoms with Gasteiger partial charge >= 0.3 is 0 Å². The Labute approximate surface area is 116 Å². The number of hydrogen-bond donors (Lipinski definition) is 2. The van der Waals surface area contributed by atoms with Gasteiger partial charge in [0.2, 0.25) is 0 Å². The third kappa shape index (κ3) is 2.59. The van der Waals surface area contributed by atoms with Gasteiger partial charge in [0.25, 0.3) is 5.91 Å². The van der Waals surface area contributed by atoms with Crippen LogP contribution in [0, 0.1) is 0 Å². The SMILES string of the molecule is Nc1ccc(C(=O)Nc2ccc(N3CCCC3)nc2)o1. The number of hydrogen-bond acceptors (Lipinski definition) is 5. The Hall–Kier alpha value is -2.50. The molecule has 3 rings (SSSR count). The summed E-state index contributed by atoms with van der Waals surface area (Å²) in [5.74, 6) is 1.02. The summed E-state index contributed by atoms with van der Waals surface area (Å²) < 4.78 is 5.06. The molecule has 6 nitrogen and oxygen atoms in total. The van der Waals surface area contributed by atoms with Gasteiger partial charge in [0.15, 0.2) is 11.6 Å². The van der Waals surface area contributed by atoms with E-state index in [4.69, 9.17) is 10.2 Å². The van der Waals surface area contributed by atoms with Crippen molar-refractivity contribution in [2.24, 2.45) is 0 Å². The van der Waals surface area contributed by atoms with E-state index in [0.29, 0.717) is 5.69 Å². The van der Waals surface area contributed by atoms with Gasteiger partial charge in [0.05, 0.1) is 11.9 Å². The fourth-order valence-corrected chi connectivity index (χ4v) is 2.26. The molecule has 0 saturated carbocycles. The molecule has 3 N–H and O–H groups in total. The molecule has 6 heteroatoms. The summed E-state index contributed by atoms with van der Waals surface area (Å²) in [7, 11) is 0. The summed E-state index contributed by atoms with van der Waals surface area (Å²) in [4.78, 5) is 18.5. The van der Waals surface area contributed by atoms with Crippen molar-refractivity contribution in [2.45, 2.75) is 12.8 Å². The Kier molecular flexibility index (Phi) is 3.28. The number of nitrogens with one attached hydrogen (secondary N) is 1. The molecule has 1 saturated heterocycles. The lowest BCUT2D eigenvalue weighted by Crippen LogP contribution is -2.19. The maximum atomic E-state index is 11.9. The minimum atomic E-state index is -0.336. The number of carbonyl (C=O) groups excluding carboxylic acids is 1. The highest BCUT2D eigenvalue weighted by Gasteiger charge is 2.14. The minimum absolute atomic E-state index is 0.186. The smallest absolute Gasteiger partial charge is 0.291 e. The summed E-state index contributed by atoms with van der Waals surface area (Å²) in [6.07, 6.45) is 4.07. The van der Waals surface area contributed by atoms with Crippen LogP contribution in [0.2, 0.25) is 0 Å². The van der Waals surface area contributed by atoms with Crippen LogP contribution >= 0.6 is 0 Å². The molecule has 0 radical (unpaired) electrons. The van der Waals surface area contributed by atoms with E-state index in [9.17, 15) is 4.79 Å². The number of aromatic nitrogens is 1. The molecule has 0 bridgehead atoms. The molecule has 2 aromatic rings. The van der Waals surface area contributed by atoms with Crippen LogP contribution in [0.15, 0.2) is 34.9 Å². The third-order valence-electron chi connectivity index (χ3n) is 3.29. The van der Waals surface area contributed by atoms with Gasteiger partial charge in [-0.05, 0) is 31.0 Å². The van der Waals surface area contributed by atoms with E-state index in [-0.39, 0.29) is 17.6 Å². The maximum absolute atomic E-state index is 11.9. The van der Waals surface area contributed by atoms with Crippen molar-refractivity contribution in [2.75, 3.05) is 29.0 Å². The quantitative estimate of drug-likeness (QED) is 0.894. The summed E-state index contributed by atoms with van der Waals surface area (Å²) in [6.45, 7) is 2.09. The standard InChI is InChI=1S/C14H16N4O2/c15-12-5-4-11(20-12)14(19)17-10-3-6-13(16-9-10)18-7-1-2-8-18/h3-6,9H,1-2,7-8,15H2,(H,17,19). The number of rotatable bonds is 3. The van der Waals surface area contributed by atoms with Crippen molar-refractivity contribution in [1.29, 1.82) is 0 Å². The van der Waals surface area contributed by atoms with Gasteiger partial charge in [-0.1, -0.05) is 0 Å². The first-order valence-electron chi connectivity index (χ1n) is 6.60. The van der Waals surface area contributed by atoms with E-state index in [1.54, 1.807) is 12.3 Å². The first-order valence-corrected chi connectivity index (χ1v) is 6.60. The number of nitrogens with zero attached hydrogens (tertiary/aromatic N) is 2. The first-order chi connectivity index (χ1) is 9.72. The Morgan fingerprint density at radius 3 is 2.65 bits per heavy atom. The number of nitrogen functional groups attached to an aromatic ring is 1. The van der Waals surface area contributed by atoms with Crippen molar-refractivity contribution in [1.82, 2.24) is 4.98 Å². The van der Waals surface area contributed by atoms with Gasteiger partial charge < -0.3 is 20.4 Å². The third-order valence-corrected chi connectivity index (χ3v) is 3.29. The first kappa shape index (κ1) is 12.5. The highest BCUT2D eigenvalue weighted by Crippen LogP contribution is 2.19. The van der Waals surface area contributed by atoms with Gasteiger partial charge in [0, 0.05) is 19.2 Å². The van der Waals surface area contributed by atoms with Crippen LogP contribution in [0.5, 0.6) is 0 Å². The number of pyridine rings is 1. The van der Waals surface area contributed by atoms with E-state index in [1.165, 1.54) is 18.9 Å². The van der Waals surface area contributed by atoms with Crippen LogP contribution in [-0.4, -0.2) is 24.0 Å². The van der Waals surface area contributed by atoms with Crippen LogP contribution in [0.25, 0.3) is 0 Å². The lowest BCUT2D eigenvalue weighted by molar-refractivity contribution is 0.0997. The second-order valence-corrected chi connectivity index (χ2v) is 4.76. The van der Waals surface area contributed by atoms with Crippen molar-refractivity contribution in [3.05, 3.63) is 36.2 Å². The molecule has 1 aliphatic heterocycles. The normalized spacial score (nSPS) is 14.5. The molecule has 0 unspecified atom stereocenters. The van der Waals surface area contributed by atoms with Gasteiger partial charge in [-0.3, -0.25) is 4.79 Å². The Morgan fingerprint density at radius 2 is 2.05 bits per heavy atom.